The molecule has 1 saturated heterocycles. The van der Waals surface area contributed by atoms with Gasteiger partial charge < -0.3 is 36.0 Å². The highest BCUT2D eigenvalue weighted by Crippen LogP contribution is 2.26. The average molecular weight is 209 g/mol. The standard InChI is InChI=1S/C6H11NO7/c7-5(12)6(13)3(10)1(8)2(9)4(11)14-6/h1-4,8-11,13H,(H2,7,12). The van der Waals surface area contributed by atoms with Crippen molar-refractivity contribution in [2.24, 2.45) is 5.73 Å². The Labute approximate surface area is 78.1 Å². The number of carbonyl (C=O) groups is 1. The van der Waals surface area contributed by atoms with Crippen LogP contribution in [0.15, 0.2) is 0 Å². The highest BCUT2D eigenvalue weighted by molar-refractivity contribution is 5.82. The monoisotopic (exact) mass is 209 g/mol. The van der Waals surface area contributed by atoms with Gasteiger partial charge in [-0.15, -0.1) is 0 Å². The molecule has 8 heteroatoms. The highest BCUT2D eigenvalue weighted by atomic mass is 16.7. The lowest BCUT2D eigenvalue weighted by molar-refractivity contribution is -0.365. The third kappa shape index (κ3) is 1.47. The summed E-state index contributed by atoms with van der Waals surface area (Å²) < 4.78 is 4.21. The number of aliphatic hydroxyl groups is 5. The summed E-state index contributed by atoms with van der Waals surface area (Å²) in [5, 5.41) is 45.5. The summed E-state index contributed by atoms with van der Waals surface area (Å²) >= 11 is 0. The number of aliphatic hydroxyl groups excluding tert-OH is 4. The van der Waals surface area contributed by atoms with E-state index in [4.69, 9.17) is 20.4 Å². The van der Waals surface area contributed by atoms with Crippen LogP contribution in [0.5, 0.6) is 0 Å². The van der Waals surface area contributed by atoms with Gasteiger partial charge in [0.25, 0.3) is 11.7 Å². The van der Waals surface area contributed by atoms with Crippen LogP contribution < -0.4 is 5.73 Å². The summed E-state index contributed by atoms with van der Waals surface area (Å²) in [4.78, 5) is 10.7. The number of amides is 1. The molecule has 82 valence electrons. The summed E-state index contributed by atoms with van der Waals surface area (Å²) in [5.74, 6) is -4.38. The van der Waals surface area contributed by atoms with Gasteiger partial charge in [0, 0.05) is 0 Å². The normalized spacial score (nSPS) is 48.9. The molecule has 0 aromatic heterocycles. The van der Waals surface area contributed by atoms with Crippen molar-refractivity contribution >= 4 is 5.91 Å². The zero-order valence-corrected chi connectivity index (χ0v) is 6.94. The topological polar surface area (TPSA) is 153 Å². The minimum atomic E-state index is -2.90. The zero-order chi connectivity index (χ0) is 11.1. The maximum Gasteiger partial charge on any atom is 0.280 e. The van der Waals surface area contributed by atoms with Gasteiger partial charge in [0.05, 0.1) is 0 Å². The zero-order valence-electron chi connectivity index (χ0n) is 6.94. The van der Waals surface area contributed by atoms with Crippen LogP contribution in [-0.2, 0) is 9.53 Å². The summed E-state index contributed by atoms with van der Waals surface area (Å²) in [6.07, 6.45) is -7.90. The minimum absolute atomic E-state index is 1.48. The fraction of sp³-hybridized carbons (Fsp3) is 0.833. The number of rotatable bonds is 1. The smallest absolute Gasteiger partial charge is 0.280 e. The fourth-order valence-electron chi connectivity index (χ4n) is 1.11. The molecule has 1 aliphatic rings. The molecule has 1 fully saturated rings. The molecule has 5 unspecified atom stereocenters. The van der Waals surface area contributed by atoms with Crippen LogP contribution in [0.3, 0.4) is 0 Å². The highest BCUT2D eigenvalue weighted by Gasteiger charge is 2.56. The molecule has 0 aromatic rings. The first-order chi connectivity index (χ1) is 6.30. The summed E-state index contributed by atoms with van der Waals surface area (Å²) in [7, 11) is 0. The first kappa shape index (κ1) is 11.3. The van der Waals surface area contributed by atoms with Gasteiger partial charge in [-0.05, 0) is 0 Å². The largest absolute Gasteiger partial charge is 0.387 e. The Balaban J connectivity index is 2.96. The molecule has 0 aliphatic carbocycles. The molecule has 0 spiro atoms. The first-order valence-corrected chi connectivity index (χ1v) is 3.73. The molecule has 1 heterocycles. The number of hydrogen-bond acceptors (Lipinski definition) is 7. The molecule has 0 saturated carbocycles. The van der Waals surface area contributed by atoms with Crippen LogP contribution in [0.1, 0.15) is 0 Å². The lowest BCUT2D eigenvalue weighted by Crippen LogP contribution is -2.68. The second-order valence-electron chi connectivity index (χ2n) is 3.00. The quantitative estimate of drug-likeness (QED) is 0.255. The molecule has 14 heavy (non-hydrogen) atoms. The summed E-state index contributed by atoms with van der Waals surface area (Å²) in [6.45, 7) is 0. The first-order valence-electron chi connectivity index (χ1n) is 3.73. The molecule has 0 radical (unpaired) electrons. The van der Waals surface area contributed by atoms with E-state index >= 15 is 0 Å². The van der Waals surface area contributed by atoms with E-state index in [-0.39, 0.29) is 0 Å². The Kier molecular flexibility index (Phi) is 2.76. The van der Waals surface area contributed by atoms with E-state index in [1.165, 1.54) is 0 Å². The Hall–Kier alpha value is -0.770. The second kappa shape index (κ2) is 3.42. The van der Waals surface area contributed by atoms with E-state index in [0.29, 0.717) is 0 Å². The van der Waals surface area contributed by atoms with Gasteiger partial charge in [0.2, 0.25) is 0 Å². The van der Waals surface area contributed by atoms with Crippen molar-refractivity contribution in [2.45, 2.75) is 30.4 Å². The Morgan fingerprint density at radius 2 is 1.71 bits per heavy atom. The fourth-order valence-corrected chi connectivity index (χ4v) is 1.11. The summed E-state index contributed by atoms with van der Waals surface area (Å²) in [5.41, 5.74) is 4.68. The molecular weight excluding hydrogens is 198 g/mol. The molecule has 0 aromatic carbocycles. The minimum Gasteiger partial charge on any atom is -0.387 e. The molecule has 5 atom stereocenters. The van der Waals surface area contributed by atoms with Crippen LogP contribution in [-0.4, -0.2) is 61.8 Å². The number of ether oxygens (including phenoxy) is 1. The van der Waals surface area contributed by atoms with E-state index in [9.17, 15) is 9.90 Å². The van der Waals surface area contributed by atoms with Crippen LogP contribution in [0.4, 0.5) is 0 Å². The van der Waals surface area contributed by atoms with E-state index in [2.05, 4.69) is 10.5 Å². The number of hydrogen-bond donors (Lipinski definition) is 6. The molecule has 1 amide bonds. The van der Waals surface area contributed by atoms with Crippen molar-refractivity contribution in [3.05, 3.63) is 0 Å². The molecule has 7 N–H and O–H groups in total. The van der Waals surface area contributed by atoms with E-state index < -0.39 is 36.3 Å². The molecular formula is C6H11NO7. The van der Waals surface area contributed by atoms with Gasteiger partial charge in [-0.1, -0.05) is 0 Å². The van der Waals surface area contributed by atoms with Crippen molar-refractivity contribution in [3.63, 3.8) is 0 Å². The van der Waals surface area contributed by atoms with Crippen molar-refractivity contribution in [1.82, 2.24) is 0 Å². The Bertz CT molecular complexity index is 246. The Morgan fingerprint density at radius 3 is 2.14 bits per heavy atom. The molecule has 8 nitrogen and oxygen atoms in total. The molecule has 0 bridgehead atoms. The number of primary amides is 1. The van der Waals surface area contributed by atoms with Gasteiger partial charge in [-0.2, -0.15) is 0 Å². The predicted molar refractivity (Wildman–Crippen MR) is 39.3 cm³/mol. The van der Waals surface area contributed by atoms with Crippen molar-refractivity contribution < 1.29 is 35.1 Å². The van der Waals surface area contributed by atoms with Crippen LogP contribution in [0.2, 0.25) is 0 Å². The summed E-state index contributed by atoms with van der Waals surface area (Å²) in [6, 6.07) is 0. The SMILES string of the molecule is NC(=O)C1(O)OC(O)C(O)C(O)C1O. The lowest BCUT2D eigenvalue weighted by atomic mass is 9.95. The third-order valence-corrected chi connectivity index (χ3v) is 2.02. The van der Waals surface area contributed by atoms with Crippen molar-refractivity contribution in [1.29, 1.82) is 0 Å². The van der Waals surface area contributed by atoms with E-state index in [1.54, 1.807) is 0 Å². The maximum atomic E-state index is 10.7. The van der Waals surface area contributed by atoms with E-state index in [0.717, 1.165) is 0 Å². The molecule has 1 aliphatic heterocycles. The van der Waals surface area contributed by atoms with Crippen LogP contribution in [0.25, 0.3) is 0 Å². The molecule has 1 rings (SSSR count). The predicted octanol–water partition coefficient (Wildman–Crippen LogP) is -4.41. The maximum absolute atomic E-state index is 10.7. The third-order valence-electron chi connectivity index (χ3n) is 2.02. The number of nitrogens with two attached hydrogens (primary N) is 1. The van der Waals surface area contributed by atoms with Crippen LogP contribution >= 0.6 is 0 Å². The average Bonchev–Trinajstić information content (AvgIpc) is 2.11. The van der Waals surface area contributed by atoms with Gasteiger partial charge in [0.1, 0.15) is 18.3 Å². The van der Waals surface area contributed by atoms with Crippen LogP contribution in [0, 0.1) is 0 Å². The lowest BCUT2D eigenvalue weighted by Gasteiger charge is -2.41. The van der Waals surface area contributed by atoms with Crippen molar-refractivity contribution in [2.75, 3.05) is 0 Å². The second-order valence-corrected chi connectivity index (χ2v) is 3.00. The van der Waals surface area contributed by atoms with E-state index in [1.807, 2.05) is 0 Å². The number of carbonyl (C=O) groups excluding carboxylic acids is 1. The van der Waals surface area contributed by atoms with Gasteiger partial charge >= 0.3 is 0 Å². The van der Waals surface area contributed by atoms with Crippen molar-refractivity contribution in [3.8, 4) is 0 Å². The Morgan fingerprint density at radius 1 is 1.21 bits per heavy atom. The van der Waals surface area contributed by atoms with Gasteiger partial charge in [0.15, 0.2) is 6.29 Å². The van der Waals surface area contributed by atoms with Gasteiger partial charge in [-0.3, -0.25) is 4.79 Å². The van der Waals surface area contributed by atoms with Gasteiger partial charge in [-0.25, -0.2) is 0 Å².